The van der Waals surface area contributed by atoms with Gasteiger partial charge in [0, 0.05) is 24.0 Å². The molecule has 0 radical (unpaired) electrons. The second-order valence-electron chi connectivity index (χ2n) is 3.96. The first-order valence-electron chi connectivity index (χ1n) is 5.55. The number of methoxy groups -OCH3 is 1. The summed E-state index contributed by atoms with van der Waals surface area (Å²) in [5.41, 5.74) is 2.31. The number of halogens is 1. The molecule has 0 bridgehead atoms. The second-order valence-corrected chi connectivity index (χ2v) is 3.96. The van der Waals surface area contributed by atoms with Gasteiger partial charge in [-0.2, -0.15) is 5.10 Å². The van der Waals surface area contributed by atoms with Crippen LogP contribution in [0.3, 0.4) is 0 Å². The van der Waals surface area contributed by atoms with Gasteiger partial charge in [-0.15, -0.1) is 0 Å². The van der Waals surface area contributed by atoms with Crippen LogP contribution in [0.1, 0.15) is 0 Å². The predicted octanol–water partition coefficient (Wildman–Crippen LogP) is 3.15. The zero-order valence-electron chi connectivity index (χ0n) is 9.80. The van der Waals surface area contributed by atoms with Gasteiger partial charge in [0.05, 0.1) is 12.6 Å². The molecule has 0 saturated heterocycles. The number of rotatable bonds is 2. The third-order valence-electron chi connectivity index (χ3n) is 2.89. The molecule has 4 heteroatoms. The third kappa shape index (κ3) is 1.72. The number of nitrogens with zero attached hydrogens (tertiary/aromatic N) is 2. The lowest BCUT2D eigenvalue weighted by Crippen LogP contribution is -1.90. The summed E-state index contributed by atoms with van der Waals surface area (Å²) in [7, 11) is 1.52. The van der Waals surface area contributed by atoms with E-state index < -0.39 is 0 Å². The normalized spacial score (nSPS) is 10.8. The van der Waals surface area contributed by atoms with Crippen LogP contribution in [0.5, 0.6) is 5.75 Å². The van der Waals surface area contributed by atoms with E-state index in [0.717, 1.165) is 11.1 Å². The molecular weight excluding hydrogens is 231 g/mol. The van der Waals surface area contributed by atoms with Crippen LogP contribution in [0, 0.1) is 5.82 Å². The zero-order chi connectivity index (χ0) is 12.5. The standard InChI is InChI=1S/C14H11FN2O/c1-18-12-2-3-13(14(15)9-12)10-5-7-17-11(8-10)4-6-16-17/h2-9H,1H3. The molecule has 2 heterocycles. The van der Waals surface area contributed by atoms with E-state index in [-0.39, 0.29) is 5.82 Å². The number of benzene rings is 1. The lowest BCUT2D eigenvalue weighted by Gasteiger charge is -2.06. The van der Waals surface area contributed by atoms with Crippen molar-refractivity contribution in [3.8, 4) is 16.9 Å². The molecule has 3 rings (SSSR count). The lowest BCUT2D eigenvalue weighted by molar-refractivity contribution is 0.411. The summed E-state index contributed by atoms with van der Waals surface area (Å²) in [4.78, 5) is 0. The fourth-order valence-electron chi connectivity index (χ4n) is 1.95. The van der Waals surface area contributed by atoms with Gasteiger partial charge >= 0.3 is 0 Å². The van der Waals surface area contributed by atoms with Crippen molar-refractivity contribution < 1.29 is 9.13 Å². The van der Waals surface area contributed by atoms with Gasteiger partial charge in [0.1, 0.15) is 11.6 Å². The summed E-state index contributed by atoms with van der Waals surface area (Å²) in [5.74, 6) is 0.222. The van der Waals surface area contributed by atoms with Crippen LogP contribution in [-0.4, -0.2) is 16.7 Å². The molecule has 0 N–H and O–H groups in total. The summed E-state index contributed by atoms with van der Waals surface area (Å²) in [6.45, 7) is 0. The van der Waals surface area contributed by atoms with Crippen molar-refractivity contribution in [1.29, 1.82) is 0 Å². The summed E-state index contributed by atoms with van der Waals surface area (Å²) in [6.07, 6.45) is 3.53. The molecule has 0 fully saturated rings. The fourth-order valence-corrected chi connectivity index (χ4v) is 1.95. The summed E-state index contributed by atoms with van der Waals surface area (Å²) in [5, 5.41) is 4.11. The highest BCUT2D eigenvalue weighted by atomic mass is 19.1. The quantitative estimate of drug-likeness (QED) is 0.690. The van der Waals surface area contributed by atoms with Gasteiger partial charge in [-0.05, 0) is 35.9 Å². The molecule has 18 heavy (non-hydrogen) atoms. The van der Waals surface area contributed by atoms with Gasteiger partial charge in [-0.25, -0.2) is 8.91 Å². The summed E-state index contributed by atoms with van der Waals surface area (Å²) >= 11 is 0. The Morgan fingerprint density at radius 2 is 2.06 bits per heavy atom. The molecule has 0 amide bonds. The van der Waals surface area contributed by atoms with E-state index >= 15 is 0 Å². The van der Waals surface area contributed by atoms with Crippen molar-refractivity contribution in [2.24, 2.45) is 0 Å². The number of aromatic nitrogens is 2. The van der Waals surface area contributed by atoms with Crippen LogP contribution in [-0.2, 0) is 0 Å². The van der Waals surface area contributed by atoms with Crippen molar-refractivity contribution in [3.05, 3.63) is 54.6 Å². The molecule has 0 saturated carbocycles. The predicted molar refractivity (Wildman–Crippen MR) is 67.1 cm³/mol. The highest BCUT2D eigenvalue weighted by Gasteiger charge is 2.07. The van der Waals surface area contributed by atoms with Gasteiger partial charge in [-0.3, -0.25) is 0 Å². The van der Waals surface area contributed by atoms with Crippen molar-refractivity contribution >= 4 is 5.52 Å². The average molecular weight is 242 g/mol. The highest BCUT2D eigenvalue weighted by molar-refractivity contribution is 5.69. The smallest absolute Gasteiger partial charge is 0.134 e. The Morgan fingerprint density at radius 1 is 1.17 bits per heavy atom. The van der Waals surface area contributed by atoms with Crippen LogP contribution in [0.15, 0.2) is 48.8 Å². The number of hydrogen-bond donors (Lipinski definition) is 0. The van der Waals surface area contributed by atoms with Crippen LogP contribution in [0.25, 0.3) is 16.6 Å². The maximum Gasteiger partial charge on any atom is 0.134 e. The SMILES string of the molecule is COc1ccc(-c2ccn3nccc3c2)c(F)c1. The minimum absolute atomic E-state index is 0.293. The van der Waals surface area contributed by atoms with Crippen LogP contribution in [0.2, 0.25) is 0 Å². The number of fused-ring (bicyclic) bond motifs is 1. The molecule has 90 valence electrons. The molecular formula is C14H11FN2O. The monoisotopic (exact) mass is 242 g/mol. The Morgan fingerprint density at radius 3 is 2.83 bits per heavy atom. The van der Waals surface area contributed by atoms with Gasteiger partial charge in [0.25, 0.3) is 0 Å². The molecule has 0 aliphatic carbocycles. The molecule has 3 aromatic rings. The van der Waals surface area contributed by atoms with E-state index in [4.69, 9.17) is 4.74 Å². The van der Waals surface area contributed by atoms with Gasteiger partial charge in [-0.1, -0.05) is 0 Å². The maximum absolute atomic E-state index is 13.9. The maximum atomic E-state index is 13.9. The van der Waals surface area contributed by atoms with Crippen molar-refractivity contribution in [2.45, 2.75) is 0 Å². The van der Waals surface area contributed by atoms with E-state index in [1.54, 1.807) is 22.8 Å². The number of ether oxygens (including phenoxy) is 1. The largest absolute Gasteiger partial charge is 0.497 e. The molecule has 0 atom stereocenters. The Hall–Kier alpha value is -2.36. The average Bonchev–Trinajstić information content (AvgIpc) is 2.85. The molecule has 3 nitrogen and oxygen atoms in total. The molecule has 0 unspecified atom stereocenters. The minimum Gasteiger partial charge on any atom is -0.497 e. The third-order valence-corrected chi connectivity index (χ3v) is 2.89. The summed E-state index contributed by atoms with van der Waals surface area (Å²) in [6, 6.07) is 10.5. The van der Waals surface area contributed by atoms with E-state index in [1.165, 1.54) is 13.2 Å². The van der Waals surface area contributed by atoms with Crippen molar-refractivity contribution in [3.63, 3.8) is 0 Å². The van der Waals surface area contributed by atoms with Gasteiger partial charge < -0.3 is 4.74 Å². The summed E-state index contributed by atoms with van der Waals surface area (Å²) < 4.78 is 20.7. The van der Waals surface area contributed by atoms with E-state index in [0.29, 0.717) is 11.3 Å². The Labute approximate surface area is 103 Å². The first-order chi connectivity index (χ1) is 8.78. The van der Waals surface area contributed by atoms with E-state index in [2.05, 4.69) is 5.10 Å². The first-order valence-corrected chi connectivity index (χ1v) is 5.55. The van der Waals surface area contributed by atoms with Crippen molar-refractivity contribution in [2.75, 3.05) is 7.11 Å². The van der Waals surface area contributed by atoms with Crippen LogP contribution in [0.4, 0.5) is 4.39 Å². The molecule has 1 aromatic carbocycles. The Kier molecular flexibility index (Phi) is 2.48. The van der Waals surface area contributed by atoms with Crippen molar-refractivity contribution in [1.82, 2.24) is 9.61 Å². The van der Waals surface area contributed by atoms with Crippen LogP contribution >= 0.6 is 0 Å². The fraction of sp³-hybridized carbons (Fsp3) is 0.0714. The lowest BCUT2D eigenvalue weighted by atomic mass is 10.1. The minimum atomic E-state index is -0.293. The van der Waals surface area contributed by atoms with Gasteiger partial charge in [0.15, 0.2) is 0 Å². The Bertz CT molecular complexity index is 706. The molecule has 0 aliphatic heterocycles. The second kappa shape index (κ2) is 4.14. The number of pyridine rings is 1. The highest BCUT2D eigenvalue weighted by Crippen LogP contribution is 2.26. The molecule has 0 aliphatic rings. The molecule has 2 aromatic heterocycles. The Balaban J connectivity index is 2.13. The van der Waals surface area contributed by atoms with E-state index in [1.807, 2.05) is 24.4 Å². The van der Waals surface area contributed by atoms with E-state index in [9.17, 15) is 4.39 Å². The molecule has 0 spiro atoms. The first kappa shape index (κ1) is 10.8. The topological polar surface area (TPSA) is 26.5 Å². The van der Waals surface area contributed by atoms with Gasteiger partial charge in [0.2, 0.25) is 0 Å². The van der Waals surface area contributed by atoms with Crippen LogP contribution < -0.4 is 4.74 Å². The number of hydrogen-bond acceptors (Lipinski definition) is 2. The zero-order valence-corrected chi connectivity index (χ0v) is 9.80.